The van der Waals surface area contributed by atoms with E-state index in [1.165, 1.54) is 4.90 Å². The maximum Gasteiger partial charge on any atom is 0.343 e. The summed E-state index contributed by atoms with van der Waals surface area (Å²) < 4.78 is 10.4. The Labute approximate surface area is 209 Å². The normalized spacial score (nSPS) is 10.9. The van der Waals surface area contributed by atoms with Gasteiger partial charge in [0.05, 0.1) is 12.2 Å². The smallest absolute Gasteiger partial charge is 0.343 e. The molecule has 0 aliphatic heterocycles. The zero-order chi connectivity index (χ0) is 26.1. The fraction of sp³-hybridized carbons (Fsp3) is 0.143. The molecule has 0 aromatic heterocycles. The Bertz CT molecular complexity index is 1270. The molecule has 8 heteroatoms. The van der Waals surface area contributed by atoms with E-state index in [4.69, 9.17) is 20.6 Å². The van der Waals surface area contributed by atoms with Gasteiger partial charge in [0.25, 0.3) is 5.91 Å². The lowest BCUT2D eigenvalue weighted by Crippen LogP contribution is -2.37. The summed E-state index contributed by atoms with van der Waals surface area (Å²) in [6.07, 6.45) is 1.68. The van der Waals surface area contributed by atoms with Gasteiger partial charge in [0.15, 0.2) is 0 Å². The first-order chi connectivity index (χ1) is 17.3. The van der Waals surface area contributed by atoms with E-state index in [1.807, 2.05) is 6.07 Å². The van der Waals surface area contributed by atoms with Gasteiger partial charge in [0.2, 0.25) is 0 Å². The molecule has 0 unspecified atom stereocenters. The van der Waals surface area contributed by atoms with E-state index < -0.39 is 11.9 Å². The van der Waals surface area contributed by atoms with E-state index in [-0.39, 0.29) is 24.9 Å². The number of esters is 2. The van der Waals surface area contributed by atoms with Gasteiger partial charge in [-0.2, -0.15) is 0 Å². The Hall–Kier alpha value is -4.72. The molecule has 0 atom stereocenters. The van der Waals surface area contributed by atoms with E-state index in [1.54, 1.807) is 92.7 Å². The molecule has 0 spiro atoms. The standard InChI is InChI=1S/C28H27N3O5/c1-3-35-25(32)18-31(23-7-5-4-6-8-23)27(33)19(2)17-20-9-11-22(12-10-20)28(34)36-24-15-13-21(14-16-24)26(29)30/h4-17H,3,18H2,1-2H3,(H3,29,30)/b19-17+. The molecule has 3 rings (SSSR count). The number of benzene rings is 3. The molecule has 0 bridgehead atoms. The highest BCUT2D eigenvalue weighted by Crippen LogP contribution is 2.19. The average Bonchev–Trinajstić information content (AvgIpc) is 2.88. The number of nitrogens with zero attached hydrogens (tertiary/aromatic N) is 1. The van der Waals surface area contributed by atoms with Crippen LogP contribution in [0.15, 0.2) is 84.4 Å². The fourth-order valence-corrected chi connectivity index (χ4v) is 3.33. The van der Waals surface area contributed by atoms with Crippen molar-refractivity contribution in [3.63, 3.8) is 0 Å². The van der Waals surface area contributed by atoms with Crippen molar-refractivity contribution in [3.8, 4) is 5.75 Å². The number of nitrogens with two attached hydrogens (primary N) is 1. The van der Waals surface area contributed by atoms with Gasteiger partial charge in [-0.05, 0) is 74.0 Å². The number of nitrogens with one attached hydrogen (secondary N) is 1. The molecule has 1 amide bonds. The Morgan fingerprint density at radius 3 is 2.11 bits per heavy atom. The van der Waals surface area contributed by atoms with Crippen LogP contribution in [0.5, 0.6) is 5.75 Å². The van der Waals surface area contributed by atoms with E-state index in [2.05, 4.69) is 0 Å². The zero-order valence-electron chi connectivity index (χ0n) is 20.1. The number of rotatable bonds is 9. The molecule has 3 aromatic carbocycles. The third-order valence-corrected chi connectivity index (χ3v) is 5.15. The van der Waals surface area contributed by atoms with Crippen LogP contribution < -0.4 is 15.4 Å². The number of carbonyl (C=O) groups is 3. The van der Waals surface area contributed by atoms with E-state index >= 15 is 0 Å². The SMILES string of the molecule is CCOC(=O)CN(C(=O)/C(C)=C/c1ccc(C(=O)Oc2ccc(C(=N)N)cc2)cc1)c1ccccc1. The third-order valence-electron chi connectivity index (χ3n) is 5.15. The number of ether oxygens (including phenoxy) is 2. The predicted octanol–water partition coefficient (Wildman–Crippen LogP) is 4.19. The fourth-order valence-electron chi connectivity index (χ4n) is 3.33. The highest BCUT2D eigenvalue weighted by molar-refractivity contribution is 6.10. The summed E-state index contributed by atoms with van der Waals surface area (Å²) in [6.45, 7) is 3.39. The van der Waals surface area contributed by atoms with Crippen LogP contribution in [0.1, 0.15) is 35.3 Å². The van der Waals surface area contributed by atoms with Crippen molar-refractivity contribution in [3.05, 3.63) is 101 Å². The Morgan fingerprint density at radius 2 is 1.53 bits per heavy atom. The average molecular weight is 486 g/mol. The maximum absolute atomic E-state index is 13.2. The molecule has 0 aliphatic rings. The number of carbonyl (C=O) groups excluding carboxylic acids is 3. The zero-order valence-corrected chi connectivity index (χ0v) is 20.1. The van der Waals surface area contributed by atoms with Crippen LogP contribution in [0.4, 0.5) is 5.69 Å². The van der Waals surface area contributed by atoms with Gasteiger partial charge < -0.3 is 15.2 Å². The minimum Gasteiger partial charge on any atom is -0.465 e. The van der Waals surface area contributed by atoms with Crippen LogP contribution in [0.25, 0.3) is 6.08 Å². The molecule has 0 saturated carbocycles. The van der Waals surface area contributed by atoms with Crippen molar-refractivity contribution in [2.75, 3.05) is 18.1 Å². The lowest BCUT2D eigenvalue weighted by Gasteiger charge is -2.22. The predicted molar refractivity (Wildman–Crippen MR) is 138 cm³/mol. The first kappa shape index (κ1) is 25.9. The largest absolute Gasteiger partial charge is 0.465 e. The summed E-state index contributed by atoms with van der Waals surface area (Å²) in [5.41, 5.74) is 7.98. The summed E-state index contributed by atoms with van der Waals surface area (Å²) in [5.74, 6) is -1.12. The van der Waals surface area contributed by atoms with E-state index in [0.717, 1.165) is 0 Å². The summed E-state index contributed by atoms with van der Waals surface area (Å²) in [4.78, 5) is 39.1. The quantitative estimate of drug-likeness (QED) is 0.154. The minimum absolute atomic E-state index is 0.0712. The monoisotopic (exact) mass is 485 g/mol. The number of anilines is 1. The molecule has 8 nitrogen and oxygen atoms in total. The highest BCUT2D eigenvalue weighted by Gasteiger charge is 2.21. The van der Waals surface area contributed by atoms with Gasteiger partial charge in [-0.1, -0.05) is 30.3 Å². The van der Waals surface area contributed by atoms with Crippen molar-refractivity contribution in [2.45, 2.75) is 13.8 Å². The summed E-state index contributed by atoms with van der Waals surface area (Å²) in [5, 5.41) is 7.41. The van der Waals surface area contributed by atoms with Crippen molar-refractivity contribution in [2.24, 2.45) is 5.73 Å². The maximum atomic E-state index is 13.2. The molecule has 3 aromatic rings. The minimum atomic E-state index is -0.543. The lowest BCUT2D eigenvalue weighted by atomic mass is 10.1. The number of amides is 1. The number of hydrogen-bond donors (Lipinski definition) is 2. The topological polar surface area (TPSA) is 123 Å². The van der Waals surface area contributed by atoms with Gasteiger partial charge in [0, 0.05) is 16.8 Å². The molecule has 3 N–H and O–H groups in total. The van der Waals surface area contributed by atoms with Gasteiger partial charge in [-0.25, -0.2) is 4.79 Å². The first-order valence-corrected chi connectivity index (χ1v) is 11.3. The van der Waals surface area contributed by atoms with Crippen LogP contribution >= 0.6 is 0 Å². The number of nitrogen functional groups attached to an aromatic ring is 1. The second kappa shape index (κ2) is 12.1. The van der Waals surface area contributed by atoms with Gasteiger partial charge >= 0.3 is 11.9 Å². The van der Waals surface area contributed by atoms with E-state index in [9.17, 15) is 14.4 Å². The lowest BCUT2D eigenvalue weighted by molar-refractivity contribution is -0.142. The second-order valence-electron chi connectivity index (χ2n) is 7.81. The van der Waals surface area contributed by atoms with Crippen LogP contribution in [-0.4, -0.2) is 36.8 Å². The summed E-state index contributed by atoms with van der Waals surface area (Å²) in [6, 6.07) is 21.8. The number of amidine groups is 1. The van der Waals surface area contributed by atoms with Crippen molar-refractivity contribution >= 4 is 35.4 Å². The molecule has 0 heterocycles. The van der Waals surface area contributed by atoms with Gasteiger partial charge in [0.1, 0.15) is 18.1 Å². The molecule has 36 heavy (non-hydrogen) atoms. The molecule has 0 aliphatic carbocycles. The van der Waals surface area contributed by atoms with Crippen molar-refractivity contribution in [1.82, 2.24) is 0 Å². The molecule has 0 fully saturated rings. The molecule has 0 radical (unpaired) electrons. The molecule has 184 valence electrons. The third kappa shape index (κ3) is 6.89. The molecule has 0 saturated heterocycles. The van der Waals surface area contributed by atoms with Crippen molar-refractivity contribution < 1.29 is 23.9 Å². The molecular weight excluding hydrogens is 458 g/mol. The Morgan fingerprint density at radius 1 is 0.917 bits per heavy atom. The number of hydrogen-bond acceptors (Lipinski definition) is 6. The Balaban J connectivity index is 1.72. The van der Waals surface area contributed by atoms with Crippen LogP contribution in [0, 0.1) is 5.41 Å². The van der Waals surface area contributed by atoms with Crippen LogP contribution in [0.3, 0.4) is 0 Å². The van der Waals surface area contributed by atoms with E-state index in [0.29, 0.717) is 33.7 Å². The summed E-state index contributed by atoms with van der Waals surface area (Å²) >= 11 is 0. The highest BCUT2D eigenvalue weighted by atomic mass is 16.5. The van der Waals surface area contributed by atoms with Crippen LogP contribution in [-0.2, 0) is 14.3 Å². The Kier molecular flexibility index (Phi) is 8.72. The second-order valence-corrected chi connectivity index (χ2v) is 7.81. The van der Waals surface area contributed by atoms with Gasteiger partial charge in [-0.3, -0.25) is 19.9 Å². The molecular formula is C28H27N3O5. The summed E-state index contributed by atoms with van der Waals surface area (Å²) in [7, 11) is 0. The van der Waals surface area contributed by atoms with Crippen LogP contribution in [0.2, 0.25) is 0 Å². The van der Waals surface area contributed by atoms with Gasteiger partial charge in [-0.15, -0.1) is 0 Å². The number of para-hydroxylation sites is 1. The first-order valence-electron chi connectivity index (χ1n) is 11.3. The van der Waals surface area contributed by atoms with Crippen molar-refractivity contribution in [1.29, 1.82) is 5.41 Å².